The molecule has 1 aliphatic rings. The van der Waals surface area contributed by atoms with Crippen LogP contribution in [0.4, 0.5) is 5.95 Å². The van der Waals surface area contributed by atoms with Gasteiger partial charge in [-0.15, -0.1) is 0 Å². The second kappa shape index (κ2) is 6.99. The van der Waals surface area contributed by atoms with Crippen LogP contribution in [-0.2, 0) is 4.74 Å². The quantitative estimate of drug-likeness (QED) is 0.890. The normalized spacial score (nSPS) is 16.9. The highest BCUT2D eigenvalue weighted by atomic mass is 16.5. The Morgan fingerprint density at radius 2 is 2.05 bits per heavy atom. The van der Waals surface area contributed by atoms with Gasteiger partial charge in [0.1, 0.15) is 0 Å². The van der Waals surface area contributed by atoms with E-state index in [0.717, 1.165) is 43.3 Å². The van der Waals surface area contributed by atoms with Gasteiger partial charge >= 0.3 is 0 Å². The van der Waals surface area contributed by atoms with Gasteiger partial charge in [0.25, 0.3) is 0 Å². The molecule has 0 radical (unpaired) electrons. The van der Waals surface area contributed by atoms with Crippen molar-refractivity contribution < 1.29 is 4.74 Å². The number of hydrogen-bond acceptors (Lipinski definition) is 5. The molecule has 1 aliphatic heterocycles. The number of nitrogens with zero attached hydrogens (tertiary/aromatic N) is 3. The lowest BCUT2D eigenvalue weighted by molar-refractivity contribution is 0.0420. The van der Waals surface area contributed by atoms with E-state index < -0.39 is 0 Å². The largest absolute Gasteiger partial charge is 0.377 e. The van der Waals surface area contributed by atoms with E-state index in [4.69, 9.17) is 15.5 Å². The Kier molecular flexibility index (Phi) is 5.31. The minimum absolute atomic E-state index is 0.337. The maximum absolute atomic E-state index is 5.71. The van der Waals surface area contributed by atoms with E-state index in [-0.39, 0.29) is 0 Å². The zero-order valence-corrected chi connectivity index (χ0v) is 12.8. The summed E-state index contributed by atoms with van der Waals surface area (Å²) in [5, 5.41) is 0. The fraction of sp³-hybridized carbons (Fsp3) is 0.733. The zero-order valence-electron chi connectivity index (χ0n) is 12.8. The highest BCUT2D eigenvalue weighted by molar-refractivity contribution is 5.33. The van der Waals surface area contributed by atoms with Crippen LogP contribution in [0.15, 0.2) is 6.07 Å². The van der Waals surface area contributed by atoms with Gasteiger partial charge in [0.15, 0.2) is 0 Å². The molecule has 0 amide bonds. The van der Waals surface area contributed by atoms with Gasteiger partial charge < -0.3 is 15.4 Å². The Morgan fingerprint density at radius 3 is 2.65 bits per heavy atom. The minimum Gasteiger partial charge on any atom is -0.377 e. The van der Waals surface area contributed by atoms with E-state index in [0.29, 0.717) is 25.2 Å². The van der Waals surface area contributed by atoms with Crippen molar-refractivity contribution in [1.29, 1.82) is 0 Å². The smallest absolute Gasteiger partial charge is 0.225 e. The number of nitrogens with two attached hydrogens (primary N) is 1. The van der Waals surface area contributed by atoms with Gasteiger partial charge in [-0.05, 0) is 31.7 Å². The molecular weight excluding hydrogens is 252 g/mol. The van der Waals surface area contributed by atoms with Gasteiger partial charge in [0, 0.05) is 31.0 Å². The first-order valence-electron chi connectivity index (χ1n) is 7.52. The summed E-state index contributed by atoms with van der Waals surface area (Å²) in [7, 11) is 0. The first-order chi connectivity index (χ1) is 9.60. The third-order valence-corrected chi connectivity index (χ3v) is 3.65. The molecule has 2 rings (SSSR count). The van der Waals surface area contributed by atoms with Crippen molar-refractivity contribution in [3.05, 3.63) is 17.5 Å². The molecule has 5 nitrogen and oxygen atoms in total. The van der Waals surface area contributed by atoms with Crippen LogP contribution in [0, 0.1) is 6.92 Å². The fourth-order valence-corrected chi connectivity index (χ4v) is 2.47. The molecule has 1 aromatic rings. The topological polar surface area (TPSA) is 64.3 Å². The van der Waals surface area contributed by atoms with Gasteiger partial charge in [-0.25, -0.2) is 9.97 Å². The molecule has 0 spiro atoms. The van der Waals surface area contributed by atoms with E-state index in [2.05, 4.69) is 29.8 Å². The molecule has 5 heteroatoms. The summed E-state index contributed by atoms with van der Waals surface area (Å²) in [5.74, 6) is 1.30. The van der Waals surface area contributed by atoms with Gasteiger partial charge in [-0.1, -0.05) is 13.8 Å². The average Bonchev–Trinajstić information content (AvgIpc) is 2.45. The Morgan fingerprint density at radius 1 is 1.35 bits per heavy atom. The number of aromatic nitrogens is 2. The molecule has 0 atom stereocenters. The number of ether oxygens (including phenoxy) is 1. The molecular formula is C15H26N4O. The van der Waals surface area contributed by atoms with Crippen LogP contribution in [0.1, 0.15) is 44.0 Å². The van der Waals surface area contributed by atoms with Crippen molar-refractivity contribution in [3.8, 4) is 0 Å². The monoisotopic (exact) mass is 278 g/mol. The Labute approximate surface area is 121 Å². The summed E-state index contributed by atoms with van der Waals surface area (Å²) >= 11 is 0. The predicted octanol–water partition coefficient (Wildman–Crippen LogP) is 1.85. The third-order valence-electron chi connectivity index (χ3n) is 3.65. The lowest BCUT2D eigenvalue weighted by atomic mass is 10.1. The Bertz CT molecular complexity index is 428. The van der Waals surface area contributed by atoms with Crippen molar-refractivity contribution in [3.63, 3.8) is 0 Å². The highest BCUT2D eigenvalue weighted by Crippen LogP contribution is 2.21. The summed E-state index contributed by atoms with van der Waals surface area (Å²) in [4.78, 5) is 11.5. The molecule has 0 bridgehead atoms. The first-order valence-corrected chi connectivity index (χ1v) is 7.52. The summed E-state index contributed by atoms with van der Waals surface area (Å²) in [6.07, 6.45) is 2.38. The Balaban J connectivity index is 1.99. The van der Waals surface area contributed by atoms with Crippen LogP contribution < -0.4 is 10.6 Å². The Hall–Kier alpha value is -1.20. The molecule has 0 unspecified atom stereocenters. The second-order valence-electron chi connectivity index (χ2n) is 5.73. The molecule has 0 aliphatic carbocycles. The summed E-state index contributed by atoms with van der Waals surface area (Å²) in [5.41, 5.74) is 7.63. The van der Waals surface area contributed by atoms with Gasteiger partial charge in [0.05, 0.1) is 12.7 Å². The number of piperidine rings is 1. The molecule has 1 fully saturated rings. The van der Waals surface area contributed by atoms with Gasteiger partial charge in [-0.2, -0.15) is 0 Å². The standard InChI is InChI=1S/C15H26N4O/c1-11(2)14-10-12(3)17-15(18-14)19-7-4-13(5-8-19)20-9-6-16/h10-11,13H,4-9,16H2,1-3H3. The summed E-state index contributed by atoms with van der Waals surface area (Å²) in [6, 6.07) is 2.07. The van der Waals surface area contributed by atoms with Crippen LogP contribution in [0.5, 0.6) is 0 Å². The molecule has 0 aromatic carbocycles. The maximum atomic E-state index is 5.71. The van der Waals surface area contributed by atoms with Crippen molar-refractivity contribution in [2.24, 2.45) is 5.73 Å². The highest BCUT2D eigenvalue weighted by Gasteiger charge is 2.22. The van der Waals surface area contributed by atoms with Crippen molar-refractivity contribution >= 4 is 5.95 Å². The van der Waals surface area contributed by atoms with Crippen LogP contribution in [0.25, 0.3) is 0 Å². The minimum atomic E-state index is 0.337. The predicted molar refractivity (Wildman–Crippen MR) is 81.1 cm³/mol. The van der Waals surface area contributed by atoms with Crippen LogP contribution in [0.2, 0.25) is 0 Å². The summed E-state index contributed by atoms with van der Waals surface area (Å²) in [6.45, 7) is 9.53. The van der Waals surface area contributed by atoms with E-state index >= 15 is 0 Å². The molecule has 1 aromatic heterocycles. The third kappa shape index (κ3) is 3.90. The van der Waals surface area contributed by atoms with E-state index in [1.54, 1.807) is 0 Å². The van der Waals surface area contributed by atoms with E-state index in [1.165, 1.54) is 0 Å². The maximum Gasteiger partial charge on any atom is 0.225 e. The van der Waals surface area contributed by atoms with Gasteiger partial charge in [-0.3, -0.25) is 0 Å². The van der Waals surface area contributed by atoms with Crippen LogP contribution >= 0.6 is 0 Å². The summed E-state index contributed by atoms with van der Waals surface area (Å²) < 4.78 is 5.71. The molecule has 0 saturated carbocycles. The fourth-order valence-electron chi connectivity index (χ4n) is 2.47. The van der Waals surface area contributed by atoms with E-state index in [9.17, 15) is 0 Å². The van der Waals surface area contributed by atoms with Crippen molar-refractivity contribution in [1.82, 2.24) is 9.97 Å². The SMILES string of the molecule is Cc1cc(C(C)C)nc(N2CCC(OCCN)CC2)n1. The average molecular weight is 278 g/mol. The number of aryl methyl sites for hydroxylation is 1. The number of hydrogen-bond donors (Lipinski definition) is 1. The van der Waals surface area contributed by atoms with Gasteiger partial charge in [0.2, 0.25) is 5.95 Å². The number of anilines is 1. The zero-order chi connectivity index (χ0) is 14.5. The first kappa shape index (κ1) is 15.2. The van der Waals surface area contributed by atoms with Crippen LogP contribution in [0.3, 0.4) is 0 Å². The van der Waals surface area contributed by atoms with E-state index in [1.807, 2.05) is 6.92 Å². The molecule has 2 N–H and O–H groups in total. The molecule has 112 valence electrons. The second-order valence-corrected chi connectivity index (χ2v) is 5.73. The van der Waals surface area contributed by atoms with Crippen molar-refractivity contribution in [2.75, 3.05) is 31.1 Å². The molecule has 1 saturated heterocycles. The molecule has 20 heavy (non-hydrogen) atoms. The van der Waals surface area contributed by atoms with Crippen molar-refractivity contribution in [2.45, 2.75) is 45.6 Å². The van der Waals surface area contributed by atoms with Crippen LogP contribution in [-0.4, -0.2) is 42.3 Å². The lowest BCUT2D eigenvalue weighted by Crippen LogP contribution is -2.38. The molecule has 2 heterocycles. The lowest BCUT2D eigenvalue weighted by Gasteiger charge is -2.32. The number of rotatable bonds is 5.